The molecule has 0 saturated carbocycles. The van der Waals surface area contributed by atoms with Crippen molar-refractivity contribution >= 4 is 5.91 Å². The SMILES string of the molecule is CN(CC(C)(C)C)C(=O)CNCC(F)(F)F. The maximum atomic E-state index is 11.8. The summed E-state index contributed by atoms with van der Waals surface area (Å²) in [7, 11) is 1.59. The van der Waals surface area contributed by atoms with Crippen LogP contribution in [0.15, 0.2) is 0 Å². The number of nitrogens with one attached hydrogen (secondary N) is 1. The molecule has 1 N–H and O–H groups in total. The minimum atomic E-state index is -4.27. The Kier molecular flexibility index (Phi) is 5.25. The smallest absolute Gasteiger partial charge is 0.344 e. The molecule has 0 unspecified atom stereocenters. The molecule has 3 nitrogen and oxygen atoms in total. The highest BCUT2D eigenvalue weighted by molar-refractivity contribution is 5.77. The molecule has 0 saturated heterocycles. The average molecular weight is 240 g/mol. The van der Waals surface area contributed by atoms with Crippen LogP contribution in [0.1, 0.15) is 20.8 Å². The first kappa shape index (κ1) is 15.2. The van der Waals surface area contributed by atoms with Gasteiger partial charge in [0.2, 0.25) is 5.91 Å². The number of amides is 1. The predicted molar refractivity (Wildman–Crippen MR) is 56.0 cm³/mol. The second-order valence-corrected chi connectivity index (χ2v) is 5.03. The Morgan fingerprint density at radius 1 is 1.25 bits per heavy atom. The van der Waals surface area contributed by atoms with Gasteiger partial charge >= 0.3 is 6.18 Å². The number of hydrogen-bond acceptors (Lipinski definition) is 2. The highest BCUT2D eigenvalue weighted by Crippen LogP contribution is 2.14. The van der Waals surface area contributed by atoms with E-state index in [1.54, 1.807) is 7.05 Å². The molecular weight excluding hydrogens is 221 g/mol. The Morgan fingerprint density at radius 2 is 1.75 bits per heavy atom. The van der Waals surface area contributed by atoms with E-state index in [0.29, 0.717) is 6.54 Å². The largest absolute Gasteiger partial charge is 0.401 e. The van der Waals surface area contributed by atoms with Gasteiger partial charge in [-0.15, -0.1) is 0 Å². The van der Waals surface area contributed by atoms with Crippen LogP contribution in [-0.4, -0.2) is 43.7 Å². The zero-order chi connectivity index (χ0) is 13.0. The molecule has 0 radical (unpaired) electrons. The maximum absolute atomic E-state index is 11.8. The standard InChI is InChI=1S/C10H19F3N2O/c1-9(2,3)7-15(4)8(16)5-14-6-10(11,12)13/h14H,5-7H2,1-4H3. The summed E-state index contributed by atoms with van der Waals surface area (Å²) in [6.07, 6.45) is -4.27. The van der Waals surface area contributed by atoms with Crippen LogP contribution in [-0.2, 0) is 4.79 Å². The molecular formula is C10H19F3N2O. The van der Waals surface area contributed by atoms with Crippen molar-refractivity contribution in [3.05, 3.63) is 0 Å². The van der Waals surface area contributed by atoms with Crippen molar-refractivity contribution in [2.24, 2.45) is 5.41 Å². The van der Waals surface area contributed by atoms with Crippen molar-refractivity contribution in [2.45, 2.75) is 26.9 Å². The van der Waals surface area contributed by atoms with Crippen LogP contribution in [0.2, 0.25) is 0 Å². The molecule has 0 aromatic rings. The van der Waals surface area contributed by atoms with E-state index in [-0.39, 0.29) is 17.9 Å². The van der Waals surface area contributed by atoms with Crippen LogP contribution >= 0.6 is 0 Å². The van der Waals surface area contributed by atoms with Crippen molar-refractivity contribution in [1.82, 2.24) is 10.2 Å². The monoisotopic (exact) mass is 240 g/mol. The number of alkyl halides is 3. The van der Waals surface area contributed by atoms with Crippen LogP contribution in [0.25, 0.3) is 0 Å². The lowest BCUT2D eigenvalue weighted by atomic mass is 9.96. The van der Waals surface area contributed by atoms with Crippen LogP contribution < -0.4 is 5.32 Å². The van der Waals surface area contributed by atoms with Gasteiger partial charge in [-0.05, 0) is 5.41 Å². The second-order valence-electron chi connectivity index (χ2n) is 5.03. The lowest BCUT2D eigenvalue weighted by molar-refractivity contribution is -0.134. The summed E-state index contributed by atoms with van der Waals surface area (Å²) < 4.78 is 35.4. The Balaban J connectivity index is 3.90. The van der Waals surface area contributed by atoms with Crippen LogP contribution in [0, 0.1) is 5.41 Å². The molecule has 0 atom stereocenters. The molecule has 0 fully saturated rings. The molecule has 6 heteroatoms. The number of likely N-dealkylation sites (N-methyl/N-ethyl adjacent to an activating group) is 1. The number of nitrogens with zero attached hydrogens (tertiary/aromatic N) is 1. The third kappa shape index (κ3) is 8.52. The van der Waals surface area contributed by atoms with E-state index in [1.165, 1.54) is 4.90 Å². The second kappa shape index (κ2) is 5.52. The zero-order valence-corrected chi connectivity index (χ0v) is 10.1. The summed E-state index contributed by atoms with van der Waals surface area (Å²) in [5.41, 5.74) is -0.0611. The average Bonchev–Trinajstić information content (AvgIpc) is 1.98. The third-order valence-electron chi connectivity index (χ3n) is 1.74. The Morgan fingerprint density at radius 3 is 2.12 bits per heavy atom. The van der Waals surface area contributed by atoms with Crippen molar-refractivity contribution in [3.8, 4) is 0 Å². The topological polar surface area (TPSA) is 32.3 Å². The summed E-state index contributed by atoms with van der Waals surface area (Å²) in [5.74, 6) is -0.334. The van der Waals surface area contributed by atoms with Crippen molar-refractivity contribution in [1.29, 1.82) is 0 Å². The van der Waals surface area contributed by atoms with Crippen molar-refractivity contribution in [3.63, 3.8) is 0 Å². The first-order valence-electron chi connectivity index (χ1n) is 5.03. The van der Waals surface area contributed by atoms with Crippen LogP contribution in [0.4, 0.5) is 13.2 Å². The van der Waals surface area contributed by atoms with E-state index in [4.69, 9.17) is 0 Å². The van der Waals surface area contributed by atoms with Gasteiger partial charge in [0, 0.05) is 13.6 Å². The van der Waals surface area contributed by atoms with Gasteiger partial charge in [0.1, 0.15) is 0 Å². The first-order chi connectivity index (χ1) is 7.01. The Hall–Kier alpha value is -0.780. The van der Waals surface area contributed by atoms with Gasteiger partial charge in [0.15, 0.2) is 0 Å². The van der Waals surface area contributed by atoms with E-state index >= 15 is 0 Å². The summed E-state index contributed by atoms with van der Waals surface area (Å²) in [6, 6.07) is 0. The number of halogens is 3. The van der Waals surface area contributed by atoms with Gasteiger partial charge in [-0.2, -0.15) is 13.2 Å². The Bertz CT molecular complexity index is 233. The minimum Gasteiger partial charge on any atom is -0.344 e. The fourth-order valence-corrected chi connectivity index (χ4v) is 1.25. The molecule has 0 aromatic heterocycles. The molecule has 1 amide bonds. The molecule has 0 bridgehead atoms. The number of carbonyl (C=O) groups is 1. The first-order valence-corrected chi connectivity index (χ1v) is 5.03. The van der Waals surface area contributed by atoms with E-state index in [0.717, 1.165) is 0 Å². The normalized spacial score (nSPS) is 12.7. The highest BCUT2D eigenvalue weighted by Gasteiger charge is 2.27. The molecule has 16 heavy (non-hydrogen) atoms. The number of rotatable bonds is 4. The number of hydrogen-bond donors (Lipinski definition) is 1. The summed E-state index contributed by atoms with van der Waals surface area (Å²) in [5, 5.41) is 2.08. The van der Waals surface area contributed by atoms with Crippen molar-refractivity contribution in [2.75, 3.05) is 26.7 Å². The number of carbonyl (C=O) groups excluding carboxylic acids is 1. The van der Waals surface area contributed by atoms with Crippen LogP contribution in [0.3, 0.4) is 0 Å². The third-order valence-corrected chi connectivity index (χ3v) is 1.74. The van der Waals surface area contributed by atoms with E-state index in [1.807, 2.05) is 20.8 Å². The lowest BCUT2D eigenvalue weighted by Crippen LogP contribution is -2.42. The molecule has 96 valence electrons. The van der Waals surface area contributed by atoms with Gasteiger partial charge in [0.25, 0.3) is 0 Å². The Labute approximate surface area is 94.0 Å². The zero-order valence-electron chi connectivity index (χ0n) is 10.1. The molecule has 0 spiro atoms. The summed E-state index contributed by atoms with van der Waals surface area (Å²) in [6.45, 7) is 4.97. The van der Waals surface area contributed by atoms with E-state index < -0.39 is 12.7 Å². The highest BCUT2D eigenvalue weighted by atomic mass is 19.4. The molecule has 0 aliphatic heterocycles. The van der Waals surface area contributed by atoms with Crippen molar-refractivity contribution < 1.29 is 18.0 Å². The molecule has 0 aliphatic carbocycles. The lowest BCUT2D eigenvalue weighted by Gasteiger charge is -2.26. The summed E-state index contributed by atoms with van der Waals surface area (Å²) in [4.78, 5) is 12.8. The molecule has 0 heterocycles. The van der Waals surface area contributed by atoms with Gasteiger partial charge < -0.3 is 10.2 Å². The van der Waals surface area contributed by atoms with Gasteiger partial charge in [-0.3, -0.25) is 4.79 Å². The minimum absolute atomic E-state index is 0.0611. The van der Waals surface area contributed by atoms with E-state index in [2.05, 4.69) is 5.32 Å². The quantitative estimate of drug-likeness (QED) is 0.810. The molecule has 0 rings (SSSR count). The molecule has 0 aliphatic rings. The van der Waals surface area contributed by atoms with Gasteiger partial charge in [-0.25, -0.2) is 0 Å². The van der Waals surface area contributed by atoms with E-state index in [9.17, 15) is 18.0 Å². The fraction of sp³-hybridized carbons (Fsp3) is 0.900. The van der Waals surface area contributed by atoms with Gasteiger partial charge in [-0.1, -0.05) is 20.8 Å². The molecule has 0 aromatic carbocycles. The van der Waals surface area contributed by atoms with Gasteiger partial charge in [0.05, 0.1) is 13.1 Å². The predicted octanol–water partition coefficient (Wildman–Crippen LogP) is 1.64. The fourth-order valence-electron chi connectivity index (χ4n) is 1.25. The maximum Gasteiger partial charge on any atom is 0.401 e. The van der Waals surface area contributed by atoms with Crippen LogP contribution in [0.5, 0.6) is 0 Å². The summed E-state index contributed by atoms with van der Waals surface area (Å²) >= 11 is 0.